The molecule has 3 nitrogen and oxygen atoms in total. The highest BCUT2D eigenvalue weighted by atomic mass is 16.5. The molecule has 1 atom stereocenters. The van der Waals surface area contributed by atoms with Crippen LogP contribution in [0.15, 0.2) is 24.3 Å². The average Bonchev–Trinajstić information content (AvgIpc) is 2.30. The van der Waals surface area contributed by atoms with E-state index >= 15 is 0 Å². The highest BCUT2D eigenvalue weighted by Gasteiger charge is 2.23. The summed E-state index contributed by atoms with van der Waals surface area (Å²) in [5.74, 6) is 1.17. The van der Waals surface area contributed by atoms with Crippen molar-refractivity contribution < 1.29 is 9.53 Å². The van der Waals surface area contributed by atoms with Gasteiger partial charge in [-0.05, 0) is 37.6 Å². The fourth-order valence-electron chi connectivity index (χ4n) is 2.08. The topological polar surface area (TPSA) is 38.3 Å². The Morgan fingerprint density at radius 3 is 3.12 bits per heavy atom. The molecule has 0 spiro atoms. The summed E-state index contributed by atoms with van der Waals surface area (Å²) in [6.45, 7) is 4.02. The van der Waals surface area contributed by atoms with Crippen LogP contribution >= 0.6 is 0 Å². The van der Waals surface area contributed by atoms with Crippen molar-refractivity contribution in [2.45, 2.75) is 19.3 Å². The standard InChI is InChI=1S/C13H17NO2/c1-2-16-11-5-3-4-10(8-11)12-6-7-14-9-13(12)15/h3-5,8,12,14H,2,6-7,9H2,1H3. The Hall–Kier alpha value is -1.35. The Labute approximate surface area is 95.8 Å². The number of hydrogen-bond acceptors (Lipinski definition) is 3. The summed E-state index contributed by atoms with van der Waals surface area (Å²) in [6.07, 6.45) is 0.883. The van der Waals surface area contributed by atoms with Gasteiger partial charge in [-0.2, -0.15) is 0 Å². The van der Waals surface area contributed by atoms with Crippen LogP contribution in [0.25, 0.3) is 0 Å². The minimum Gasteiger partial charge on any atom is -0.494 e. The largest absolute Gasteiger partial charge is 0.494 e. The quantitative estimate of drug-likeness (QED) is 0.841. The number of piperidine rings is 1. The lowest BCUT2D eigenvalue weighted by molar-refractivity contribution is -0.120. The SMILES string of the molecule is CCOc1cccc(C2CCNCC2=O)c1. The minimum absolute atomic E-state index is 0.0432. The molecule has 1 heterocycles. The molecule has 16 heavy (non-hydrogen) atoms. The third-order valence-corrected chi connectivity index (χ3v) is 2.87. The normalized spacial score (nSPS) is 20.8. The maximum Gasteiger partial charge on any atom is 0.154 e. The van der Waals surface area contributed by atoms with Gasteiger partial charge in [-0.15, -0.1) is 0 Å². The number of nitrogens with one attached hydrogen (secondary N) is 1. The van der Waals surface area contributed by atoms with Gasteiger partial charge in [-0.25, -0.2) is 0 Å². The number of carbonyl (C=O) groups is 1. The lowest BCUT2D eigenvalue weighted by Crippen LogP contribution is -2.35. The molecule has 2 rings (SSSR count). The Morgan fingerprint density at radius 1 is 1.50 bits per heavy atom. The summed E-state index contributed by atoms with van der Waals surface area (Å²) < 4.78 is 5.45. The van der Waals surface area contributed by atoms with E-state index in [0.29, 0.717) is 13.2 Å². The van der Waals surface area contributed by atoms with Gasteiger partial charge < -0.3 is 10.1 Å². The number of hydrogen-bond donors (Lipinski definition) is 1. The highest BCUT2D eigenvalue weighted by Crippen LogP contribution is 2.25. The molecule has 0 radical (unpaired) electrons. The van der Waals surface area contributed by atoms with Crippen molar-refractivity contribution in [3.8, 4) is 5.75 Å². The molecule has 0 bridgehead atoms. The molecule has 1 fully saturated rings. The van der Waals surface area contributed by atoms with E-state index in [4.69, 9.17) is 4.74 Å². The van der Waals surface area contributed by atoms with Crippen LogP contribution in [0.5, 0.6) is 5.75 Å². The first-order chi connectivity index (χ1) is 7.81. The van der Waals surface area contributed by atoms with Gasteiger partial charge in [0.1, 0.15) is 5.75 Å². The van der Waals surface area contributed by atoms with Crippen molar-refractivity contribution in [3.05, 3.63) is 29.8 Å². The Bertz CT molecular complexity index is 376. The Balaban J connectivity index is 2.18. The van der Waals surface area contributed by atoms with Gasteiger partial charge >= 0.3 is 0 Å². The van der Waals surface area contributed by atoms with Crippen LogP contribution in [0, 0.1) is 0 Å². The molecule has 86 valence electrons. The van der Waals surface area contributed by atoms with Gasteiger partial charge in [0.05, 0.1) is 13.2 Å². The van der Waals surface area contributed by atoms with Crippen LogP contribution in [0.3, 0.4) is 0 Å². The smallest absolute Gasteiger partial charge is 0.154 e. The molecule has 1 aliphatic heterocycles. The molecule has 1 saturated heterocycles. The Morgan fingerprint density at radius 2 is 2.38 bits per heavy atom. The van der Waals surface area contributed by atoms with Crippen LogP contribution in [-0.2, 0) is 4.79 Å². The highest BCUT2D eigenvalue weighted by molar-refractivity contribution is 5.88. The van der Waals surface area contributed by atoms with Crippen molar-refractivity contribution in [1.82, 2.24) is 5.32 Å². The van der Waals surface area contributed by atoms with E-state index in [9.17, 15) is 4.79 Å². The number of rotatable bonds is 3. The number of carbonyl (C=O) groups excluding carboxylic acids is 1. The molecule has 1 aromatic rings. The first-order valence-electron chi connectivity index (χ1n) is 5.77. The molecular weight excluding hydrogens is 202 g/mol. The zero-order valence-electron chi connectivity index (χ0n) is 9.53. The van der Waals surface area contributed by atoms with Gasteiger partial charge in [0.25, 0.3) is 0 Å². The maximum atomic E-state index is 11.8. The minimum atomic E-state index is 0.0432. The van der Waals surface area contributed by atoms with Gasteiger partial charge in [0.15, 0.2) is 5.78 Å². The predicted octanol–water partition coefficient (Wildman–Crippen LogP) is 1.73. The van der Waals surface area contributed by atoms with E-state index in [2.05, 4.69) is 5.32 Å². The zero-order valence-corrected chi connectivity index (χ0v) is 9.53. The molecular formula is C13H17NO2. The lowest BCUT2D eigenvalue weighted by Gasteiger charge is -2.22. The molecule has 1 unspecified atom stereocenters. The molecule has 3 heteroatoms. The molecule has 0 saturated carbocycles. The summed E-state index contributed by atoms with van der Waals surface area (Å²) in [4.78, 5) is 11.8. The fraction of sp³-hybridized carbons (Fsp3) is 0.462. The summed E-state index contributed by atoms with van der Waals surface area (Å²) in [7, 11) is 0. The van der Waals surface area contributed by atoms with E-state index in [1.807, 2.05) is 31.2 Å². The van der Waals surface area contributed by atoms with Crippen molar-refractivity contribution >= 4 is 5.78 Å². The van der Waals surface area contributed by atoms with E-state index in [1.165, 1.54) is 0 Å². The number of benzene rings is 1. The first kappa shape index (κ1) is 11.1. The van der Waals surface area contributed by atoms with Crippen molar-refractivity contribution in [2.24, 2.45) is 0 Å². The average molecular weight is 219 g/mol. The molecule has 1 aromatic carbocycles. The summed E-state index contributed by atoms with van der Waals surface area (Å²) in [6, 6.07) is 7.88. The third kappa shape index (κ3) is 2.42. The van der Waals surface area contributed by atoms with Crippen LogP contribution in [-0.4, -0.2) is 25.5 Å². The Kier molecular flexibility index (Phi) is 3.57. The predicted molar refractivity (Wildman–Crippen MR) is 62.8 cm³/mol. The van der Waals surface area contributed by atoms with Crippen LogP contribution in [0.1, 0.15) is 24.8 Å². The van der Waals surface area contributed by atoms with Gasteiger partial charge in [0, 0.05) is 5.92 Å². The van der Waals surface area contributed by atoms with E-state index in [1.54, 1.807) is 0 Å². The van der Waals surface area contributed by atoms with Crippen LogP contribution in [0.4, 0.5) is 0 Å². The van der Waals surface area contributed by atoms with Crippen LogP contribution < -0.4 is 10.1 Å². The molecule has 0 amide bonds. The number of ether oxygens (including phenoxy) is 1. The first-order valence-corrected chi connectivity index (χ1v) is 5.77. The fourth-order valence-corrected chi connectivity index (χ4v) is 2.08. The van der Waals surface area contributed by atoms with Crippen LogP contribution in [0.2, 0.25) is 0 Å². The van der Waals surface area contributed by atoms with Crippen molar-refractivity contribution in [3.63, 3.8) is 0 Å². The molecule has 1 aliphatic rings. The second-order valence-corrected chi connectivity index (χ2v) is 3.99. The summed E-state index contributed by atoms with van der Waals surface area (Å²) in [5.41, 5.74) is 1.08. The monoisotopic (exact) mass is 219 g/mol. The third-order valence-electron chi connectivity index (χ3n) is 2.87. The van der Waals surface area contributed by atoms with E-state index in [-0.39, 0.29) is 11.7 Å². The van der Waals surface area contributed by atoms with Gasteiger partial charge in [-0.1, -0.05) is 12.1 Å². The molecule has 0 aromatic heterocycles. The summed E-state index contributed by atoms with van der Waals surface area (Å²) >= 11 is 0. The number of Topliss-reactive ketones (excluding diaryl/α,β-unsaturated/α-hetero) is 1. The maximum absolute atomic E-state index is 11.8. The number of ketones is 1. The second-order valence-electron chi connectivity index (χ2n) is 3.99. The van der Waals surface area contributed by atoms with Gasteiger partial charge in [0.2, 0.25) is 0 Å². The van der Waals surface area contributed by atoms with Gasteiger partial charge in [-0.3, -0.25) is 4.79 Å². The van der Waals surface area contributed by atoms with Crippen molar-refractivity contribution in [2.75, 3.05) is 19.7 Å². The van der Waals surface area contributed by atoms with E-state index in [0.717, 1.165) is 24.3 Å². The molecule has 1 N–H and O–H groups in total. The van der Waals surface area contributed by atoms with E-state index < -0.39 is 0 Å². The summed E-state index contributed by atoms with van der Waals surface area (Å²) in [5, 5.41) is 3.09. The second kappa shape index (κ2) is 5.12. The lowest BCUT2D eigenvalue weighted by atomic mass is 9.89. The zero-order chi connectivity index (χ0) is 11.4. The van der Waals surface area contributed by atoms with Crippen molar-refractivity contribution in [1.29, 1.82) is 0 Å². The molecule has 0 aliphatic carbocycles.